The van der Waals surface area contributed by atoms with Crippen molar-refractivity contribution in [1.82, 2.24) is 4.98 Å². The fourth-order valence-electron chi connectivity index (χ4n) is 1.47. The number of hydrogen-bond donors (Lipinski definition) is 0. The number of methoxy groups -OCH3 is 1. The molecular weight excluding hydrogens is 268 g/mol. The van der Waals surface area contributed by atoms with E-state index < -0.39 is 0 Å². The second-order valence-corrected chi connectivity index (χ2v) is 5.63. The summed E-state index contributed by atoms with van der Waals surface area (Å²) in [6.07, 6.45) is 0.987. The van der Waals surface area contributed by atoms with Gasteiger partial charge in [-0.25, -0.2) is 9.78 Å². The average molecular weight is 282 g/mol. The second-order valence-electron chi connectivity index (χ2n) is 3.76. The van der Waals surface area contributed by atoms with Crippen molar-refractivity contribution >= 4 is 33.8 Å². The fraction of sp³-hybridized carbons (Fsp3) is 0.333. The molecule has 2 heterocycles. The van der Waals surface area contributed by atoms with Crippen molar-refractivity contribution < 1.29 is 9.53 Å². The molecule has 0 amide bonds. The molecule has 0 fully saturated rings. The molecule has 6 heteroatoms. The van der Waals surface area contributed by atoms with Crippen LogP contribution in [-0.4, -0.2) is 31.7 Å². The molecule has 0 spiro atoms. The number of carbonyl (C=O) groups excluding carboxylic acids is 1. The minimum absolute atomic E-state index is 0.375. The maximum atomic E-state index is 11.3. The first kappa shape index (κ1) is 13.0. The molecule has 0 saturated heterocycles. The maximum Gasteiger partial charge on any atom is 0.357 e. The van der Waals surface area contributed by atoms with Crippen molar-refractivity contribution in [3.8, 4) is 0 Å². The van der Waals surface area contributed by atoms with Crippen molar-refractivity contribution in [2.24, 2.45) is 0 Å². The van der Waals surface area contributed by atoms with Gasteiger partial charge < -0.3 is 9.64 Å². The predicted octanol–water partition coefficient (Wildman–Crippen LogP) is 2.67. The Bertz CT molecular complexity index is 508. The summed E-state index contributed by atoms with van der Waals surface area (Å²) in [5.41, 5.74) is 0.375. The standard InChI is InChI=1S/C12H14N2O2S2/c1-14(6-5-9-4-3-7-17-9)12-13-10(8-18-12)11(15)16-2/h3-4,7-8H,5-6H2,1-2H3. The molecule has 4 nitrogen and oxygen atoms in total. The zero-order valence-electron chi connectivity index (χ0n) is 10.3. The second kappa shape index (κ2) is 5.97. The molecule has 0 aliphatic carbocycles. The summed E-state index contributed by atoms with van der Waals surface area (Å²) < 4.78 is 4.64. The normalized spacial score (nSPS) is 10.3. The minimum atomic E-state index is -0.385. The number of thiophene rings is 1. The Kier molecular flexibility index (Phi) is 4.33. The van der Waals surface area contributed by atoms with E-state index in [1.165, 1.54) is 23.3 Å². The van der Waals surface area contributed by atoms with E-state index in [9.17, 15) is 4.79 Å². The van der Waals surface area contributed by atoms with Gasteiger partial charge in [0.2, 0.25) is 0 Å². The van der Waals surface area contributed by atoms with Crippen LogP contribution in [0, 0.1) is 0 Å². The lowest BCUT2D eigenvalue weighted by Crippen LogP contribution is -2.20. The van der Waals surface area contributed by atoms with Crippen LogP contribution < -0.4 is 4.90 Å². The Morgan fingerprint density at radius 1 is 1.50 bits per heavy atom. The molecule has 0 unspecified atom stereocenters. The van der Waals surface area contributed by atoms with E-state index in [1.54, 1.807) is 16.7 Å². The van der Waals surface area contributed by atoms with Gasteiger partial charge in [0.15, 0.2) is 10.8 Å². The van der Waals surface area contributed by atoms with Gasteiger partial charge in [-0.1, -0.05) is 6.07 Å². The summed E-state index contributed by atoms with van der Waals surface area (Å²) in [5.74, 6) is -0.385. The lowest BCUT2D eigenvalue weighted by atomic mass is 10.3. The Hall–Kier alpha value is -1.40. The minimum Gasteiger partial charge on any atom is -0.464 e. The van der Waals surface area contributed by atoms with Gasteiger partial charge in [-0.05, 0) is 17.9 Å². The number of likely N-dealkylation sites (N-methyl/N-ethyl adjacent to an activating group) is 1. The third kappa shape index (κ3) is 3.08. The summed E-state index contributed by atoms with van der Waals surface area (Å²) in [7, 11) is 3.34. The van der Waals surface area contributed by atoms with Gasteiger partial charge in [0.05, 0.1) is 7.11 Å². The molecule has 0 saturated carbocycles. The zero-order chi connectivity index (χ0) is 13.0. The van der Waals surface area contributed by atoms with Crippen molar-refractivity contribution in [2.75, 3.05) is 25.6 Å². The summed E-state index contributed by atoms with van der Waals surface area (Å²) in [5, 5.41) is 4.64. The first-order valence-corrected chi connectivity index (χ1v) is 7.24. The van der Waals surface area contributed by atoms with Crippen molar-refractivity contribution in [2.45, 2.75) is 6.42 Å². The van der Waals surface area contributed by atoms with Gasteiger partial charge in [0.25, 0.3) is 0 Å². The molecule has 0 N–H and O–H groups in total. The van der Waals surface area contributed by atoms with Crippen LogP contribution in [0.2, 0.25) is 0 Å². The monoisotopic (exact) mass is 282 g/mol. The van der Waals surface area contributed by atoms with Gasteiger partial charge in [-0.2, -0.15) is 0 Å². The molecule has 0 bridgehead atoms. The Morgan fingerprint density at radius 2 is 2.33 bits per heavy atom. The molecule has 0 aromatic carbocycles. The Morgan fingerprint density at radius 3 is 3.00 bits per heavy atom. The SMILES string of the molecule is COC(=O)c1csc(N(C)CCc2cccs2)n1. The number of aromatic nitrogens is 1. The van der Waals surface area contributed by atoms with E-state index in [-0.39, 0.29) is 5.97 Å². The van der Waals surface area contributed by atoms with E-state index in [1.807, 2.05) is 7.05 Å². The molecule has 0 aliphatic rings. The topological polar surface area (TPSA) is 42.4 Å². The van der Waals surface area contributed by atoms with Gasteiger partial charge in [-0.15, -0.1) is 22.7 Å². The van der Waals surface area contributed by atoms with Crippen molar-refractivity contribution in [1.29, 1.82) is 0 Å². The van der Waals surface area contributed by atoms with Gasteiger partial charge in [-0.3, -0.25) is 0 Å². The molecule has 2 rings (SSSR count). The van der Waals surface area contributed by atoms with Crippen LogP contribution in [-0.2, 0) is 11.2 Å². The summed E-state index contributed by atoms with van der Waals surface area (Å²) in [6.45, 7) is 0.884. The summed E-state index contributed by atoms with van der Waals surface area (Å²) in [4.78, 5) is 19.0. The molecule has 0 aliphatic heterocycles. The van der Waals surface area contributed by atoms with Crippen LogP contribution in [0.1, 0.15) is 15.4 Å². The molecule has 2 aromatic rings. The van der Waals surface area contributed by atoms with E-state index in [4.69, 9.17) is 0 Å². The molecule has 0 radical (unpaired) electrons. The first-order chi connectivity index (χ1) is 8.70. The van der Waals surface area contributed by atoms with Gasteiger partial charge >= 0.3 is 5.97 Å². The van der Waals surface area contributed by atoms with E-state index in [2.05, 4.69) is 32.1 Å². The maximum absolute atomic E-state index is 11.3. The number of hydrogen-bond acceptors (Lipinski definition) is 6. The highest BCUT2D eigenvalue weighted by atomic mass is 32.1. The van der Waals surface area contributed by atoms with Gasteiger partial charge in [0.1, 0.15) is 0 Å². The molecule has 18 heavy (non-hydrogen) atoms. The number of anilines is 1. The highest BCUT2D eigenvalue weighted by Gasteiger charge is 2.13. The number of esters is 1. The number of rotatable bonds is 5. The number of ether oxygens (including phenoxy) is 1. The lowest BCUT2D eigenvalue weighted by Gasteiger charge is -2.14. The van der Waals surface area contributed by atoms with E-state index in [0.29, 0.717) is 5.69 Å². The number of nitrogens with zero attached hydrogens (tertiary/aromatic N) is 2. The van der Waals surface area contributed by atoms with E-state index in [0.717, 1.165) is 18.1 Å². The quantitative estimate of drug-likeness (QED) is 0.791. The summed E-state index contributed by atoms with van der Waals surface area (Å²) in [6, 6.07) is 4.18. The number of carbonyl (C=O) groups is 1. The van der Waals surface area contributed by atoms with Crippen LogP contribution in [0.4, 0.5) is 5.13 Å². The first-order valence-electron chi connectivity index (χ1n) is 5.48. The highest BCUT2D eigenvalue weighted by Crippen LogP contribution is 2.20. The summed E-state index contributed by atoms with van der Waals surface area (Å²) >= 11 is 3.21. The van der Waals surface area contributed by atoms with Gasteiger partial charge in [0, 0.05) is 23.8 Å². The van der Waals surface area contributed by atoms with E-state index >= 15 is 0 Å². The Balaban J connectivity index is 1.94. The largest absolute Gasteiger partial charge is 0.464 e. The molecule has 0 atom stereocenters. The van der Waals surface area contributed by atoms with Crippen LogP contribution in [0.5, 0.6) is 0 Å². The van der Waals surface area contributed by atoms with Crippen LogP contribution >= 0.6 is 22.7 Å². The predicted molar refractivity (Wildman–Crippen MR) is 74.7 cm³/mol. The third-order valence-electron chi connectivity index (χ3n) is 2.49. The zero-order valence-corrected chi connectivity index (χ0v) is 11.9. The Labute approximate surface area is 114 Å². The number of thiazole rings is 1. The average Bonchev–Trinajstić information content (AvgIpc) is 3.05. The molecule has 2 aromatic heterocycles. The highest BCUT2D eigenvalue weighted by molar-refractivity contribution is 7.14. The smallest absolute Gasteiger partial charge is 0.357 e. The van der Waals surface area contributed by atoms with Crippen molar-refractivity contribution in [3.63, 3.8) is 0 Å². The third-order valence-corrected chi connectivity index (χ3v) is 4.38. The molecule has 96 valence electrons. The van der Waals surface area contributed by atoms with Crippen LogP contribution in [0.25, 0.3) is 0 Å². The van der Waals surface area contributed by atoms with Crippen molar-refractivity contribution in [3.05, 3.63) is 33.5 Å². The fourth-order valence-corrected chi connectivity index (χ4v) is 2.95. The lowest BCUT2D eigenvalue weighted by molar-refractivity contribution is 0.0595. The van der Waals surface area contributed by atoms with Crippen LogP contribution in [0.15, 0.2) is 22.9 Å². The molecular formula is C12H14N2O2S2. The van der Waals surface area contributed by atoms with Crippen LogP contribution in [0.3, 0.4) is 0 Å².